The van der Waals surface area contributed by atoms with Crippen LogP contribution in [0.2, 0.25) is 0 Å². The lowest BCUT2D eigenvalue weighted by Gasteiger charge is -2.15. The van der Waals surface area contributed by atoms with Crippen molar-refractivity contribution in [2.45, 2.75) is 110 Å². The number of aliphatic carboxylic acids is 1. The number of rotatable bonds is 22. The van der Waals surface area contributed by atoms with Crippen LogP contribution >= 0.6 is 0 Å². The fourth-order valence-corrected chi connectivity index (χ4v) is 3.49. The summed E-state index contributed by atoms with van der Waals surface area (Å²) in [7, 11) is 0. The van der Waals surface area contributed by atoms with Crippen LogP contribution in [0.3, 0.4) is 0 Å². The van der Waals surface area contributed by atoms with Gasteiger partial charge in [0, 0.05) is 5.97 Å². The van der Waals surface area contributed by atoms with E-state index in [9.17, 15) is 9.90 Å². The number of nitrogens with one attached hydrogen (secondary N) is 1. The van der Waals surface area contributed by atoms with Crippen molar-refractivity contribution < 1.29 is 30.1 Å². The topological polar surface area (TPSA) is 105 Å². The smallest absolute Gasteiger partial charge is 0.101 e. The third-order valence-corrected chi connectivity index (χ3v) is 5.38. The first-order valence-corrected chi connectivity index (χ1v) is 12.5. The summed E-state index contributed by atoms with van der Waals surface area (Å²) < 4.78 is 0. The van der Waals surface area contributed by atoms with Gasteiger partial charge >= 0.3 is 0 Å². The van der Waals surface area contributed by atoms with Gasteiger partial charge in [0.15, 0.2) is 0 Å². The van der Waals surface area contributed by atoms with Crippen molar-refractivity contribution in [2.75, 3.05) is 39.5 Å². The van der Waals surface area contributed by atoms with Crippen molar-refractivity contribution in [1.29, 1.82) is 0 Å². The summed E-state index contributed by atoms with van der Waals surface area (Å²) in [6.07, 6.45) is 19.9. The third-order valence-electron chi connectivity index (χ3n) is 5.38. The molecule has 4 N–H and O–H groups in total. The Balaban J connectivity index is 0. The Kier molecular flexibility index (Phi) is 29.7. The maximum atomic E-state index is 10.2. The summed E-state index contributed by atoms with van der Waals surface area (Å²) in [4.78, 5) is 11.3. The quantitative estimate of drug-likeness (QED) is 0.195. The first-order valence-electron chi connectivity index (χ1n) is 12.5. The molecule has 0 aliphatic rings. The highest BCUT2D eigenvalue weighted by Gasteiger charge is 2.04. The molecule has 0 aliphatic carbocycles. The second-order valence-corrected chi connectivity index (χ2v) is 8.24. The number of carboxylic acid groups (broad SMARTS) is 1. The maximum Gasteiger partial charge on any atom is 0.101 e. The number of quaternary nitrogens is 1. The zero-order valence-electron chi connectivity index (χ0n) is 19.7. The van der Waals surface area contributed by atoms with Crippen molar-refractivity contribution in [3.05, 3.63) is 0 Å². The van der Waals surface area contributed by atoms with Gasteiger partial charge in [-0.15, -0.1) is 0 Å². The van der Waals surface area contributed by atoms with Gasteiger partial charge in [-0.1, -0.05) is 96.8 Å². The summed E-state index contributed by atoms with van der Waals surface area (Å²) in [6, 6.07) is 0. The van der Waals surface area contributed by atoms with E-state index in [1.54, 1.807) is 0 Å². The Labute approximate surface area is 185 Å². The summed E-state index contributed by atoms with van der Waals surface area (Å²) in [6.45, 7) is 4.38. The van der Waals surface area contributed by atoms with Crippen molar-refractivity contribution in [1.82, 2.24) is 0 Å². The summed E-state index contributed by atoms with van der Waals surface area (Å²) >= 11 is 0. The Hall–Kier alpha value is -0.690. The number of carboxylic acids is 1. The number of aliphatic hydroxyl groups excluding tert-OH is 3. The molecule has 0 aliphatic heterocycles. The fourth-order valence-electron chi connectivity index (χ4n) is 3.49. The number of hydrogen-bond acceptors (Lipinski definition) is 5. The lowest BCUT2D eigenvalue weighted by Crippen LogP contribution is -3.13. The normalized spacial score (nSPS) is 10.8. The van der Waals surface area contributed by atoms with E-state index in [-0.39, 0.29) is 26.2 Å². The monoisotopic (exact) mass is 433 g/mol. The highest BCUT2D eigenvalue weighted by Crippen LogP contribution is 2.13. The number of carbonyl (C=O) groups is 1. The second-order valence-electron chi connectivity index (χ2n) is 8.24. The first kappa shape index (κ1) is 31.5. The van der Waals surface area contributed by atoms with Crippen LogP contribution in [0.5, 0.6) is 0 Å². The predicted octanol–water partition coefficient (Wildman–Crippen LogP) is 1.85. The summed E-state index contributed by atoms with van der Waals surface area (Å²) in [5.74, 6) is -0.903. The van der Waals surface area contributed by atoms with Crippen LogP contribution in [0, 0.1) is 0 Å². The van der Waals surface area contributed by atoms with Crippen molar-refractivity contribution in [2.24, 2.45) is 0 Å². The molecule has 0 unspecified atom stereocenters. The lowest BCUT2D eigenvalue weighted by atomic mass is 10.0. The molecule has 0 bridgehead atoms. The average Bonchev–Trinajstić information content (AvgIpc) is 2.72. The van der Waals surface area contributed by atoms with Gasteiger partial charge in [0.25, 0.3) is 0 Å². The average molecular weight is 434 g/mol. The van der Waals surface area contributed by atoms with Gasteiger partial charge in [-0.25, -0.2) is 0 Å². The SMILES string of the molecule is CCCCCCCCCCCCCCCCCC(=O)[O-].OCC[NH+](CCO)CCO. The standard InChI is InChI=1S/C18H36O2.C6H15NO3/c1-2-3-4-5-6-7-8-9-10-11-12-13-14-15-16-17-18(19)20;8-4-1-7(2-5-9)3-6-10/h2-17H2,1H3,(H,19,20);8-10H,1-6H2. The molecule has 6 heteroatoms. The molecule has 0 rings (SSSR count). The van der Waals surface area contributed by atoms with Crippen molar-refractivity contribution in [3.8, 4) is 0 Å². The minimum absolute atomic E-state index is 0.106. The number of carbonyl (C=O) groups excluding carboxylic acids is 1. The minimum atomic E-state index is -0.903. The van der Waals surface area contributed by atoms with E-state index >= 15 is 0 Å². The van der Waals surface area contributed by atoms with Crippen molar-refractivity contribution in [3.63, 3.8) is 0 Å². The van der Waals surface area contributed by atoms with Gasteiger partial charge in [0.2, 0.25) is 0 Å². The van der Waals surface area contributed by atoms with E-state index in [4.69, 9.17) is 15.3 Å². The number of unbranched alkanes of at least 4 members (excludes halogenated alkanes) is 14. The molecule has 0 spiro atoms. The largest absolute Gasteiger partial charge is 0.550 e. The van der Waals surface area contributed by atoms with Crippen LogP contribution in [0.15, 0.2) is 0 Å². The Morgan fingerprint density at radius 2 is 0.900 bits per heavy atom. The zero-order valence-corrected chi connectivity index (χ0v) is 19.7. The predicted molar refractivity (Wildman–Crippen MR) is 121 cm³/mol. The van der Waals surface area contributed by atoms with Crippen LogP contribution in [0.4, 0.5) is 0 Å². The number of aliphatic hydroxyl groups is 3. The van der Waals surface area contributed by atoms with E-state index < -0.39 is 5.97 Å². The molecule has 6 nitrogen and oxygen atoms in total. The Bertz CT molecular complexity index is 314. The van der Waals surface area contributed by atoms with Gasteiger partial charge in [-0.05, 0) is 12.8 Å². The van der Waals surface area contributed by atoms with E-state index in [2.05, 4.69) is 6.92 Å². The van der Waals surface area contributed by atoms with Gasteiger partial charge in [0.1, 0.15) is 19.6 Å². The van der Waals surface area contributed by atoms with E-state index in [1.807, 2.05) is 0 Å². The van der Waals surface area contributed by atoms with Gasteiger partial charge < -0.3 is 30.1 Å². The minimum Gasteiger partial charge on any atom is -0.550 e. The van der Waals surface area contributed by atoms with Crippen LogP contribution in [0.25, 0.3) is 0 Å². The fraction of sp³-hybridized carbons (Fsp3) is 0.958. The van der Waals surface area contributed by atoms with Crippen LogP contribution < -0.4 is 10.0 Å². The van der Waals surface area contributed by atoms with Crippen LogP contribution in [-0.2, 0) is 4.79 Å². The van der Waals surface area contributed by atoms with E-state index in [0.717, 1.165) is 17.7 Å². The molecule has 182 valence electrons. The molecule has 0 aromatic heterocycles. The lowest BCUT2D eigenvalue weighted by molar-refractivity contribution is -0.901. The Morgan fingerprint density at radius 3 is 1.17 bits per heavy atom. The molecular formula is C24H51NO5. The molecule has 0 heterocycles. The molecule has 30 heavy (non-hydrogen) atoms. The van der Waals surface area contributed by atoms with Crippen molar-refractivity contribution >= 4 is 5.97 Å². The van der Waals surface area contributed by atoms with Gasteiger partial charge in [-0.2, -0.15) is 0 Å². The van der Waals surface area contributed by atoms with Crippen LogP contribution in [0.1, 0.15) is 110 Å². The highest BCUT2D eigenvalue weighted by atomic mass is 16.4. The van der Waals surface area contributed by atoms with E-state index in [0.29, 0.717) is 19.6 Å². The van der Waals surface area contributed by atoms with Crippen LogP contribution in [-0.4, -0.2) is 60.7 Å². The molecular weight excluding hydrogens is 382 g/mol. The molecule has 0 aromatic rings. The Morgan fingerprint density at radius 1 is 0.600 bits per heavy atom. The number of hydrogen-bond donors (Lipinski definition) is 4. The second kappa shape index (κ2) is 28.3. The molecule has 0 amide bonds. The maximum absolute atomic E-state index is 10.2. The molecule has 0 atom stereocenters. The van der Waals surface area contributed by atoms with Gasteiger partial charge in [0.05, 0.1) is 19.8 Å². The zero-order chi connectivity index (χ0) is 22.7. The van der Waals surface area contributed by atoms with E-state index in [1.165, 1.54) is 83.5 Å². The first-order chi connectivity index (χ1) is 14.6. The summed E-state index contributed by atoms with van der Waals surface area (Å²) in [5.41, 5.74) is 0. The molecule has 0 saturated heterocycles. The molecule has 0 fully saturated rings. The van der Waals surface area contributed by atoms with Gasteiger partial charge in [-0.3, -0.25) is 0 Å². The molecule has 0 radical (unpaired) electrons. The molecule has 0 saturated carbocycles. The third kappa shape index (κ3) is 29.5. The molecule has 0 aromatic carbocycles. The highest BCUT2D eigenvalue weighted by molar-refractivity contribution is 5.63. The summed E-state index contributed by atoms with van der Waals surface area (Å²) in [5, 5.41) is 35.7.